The van der Waals surface area contributed by atoms with E-state index in [9.17, 15) is 19.5 Å². The molecule has 1 atom stereocenters. The first-order chi connectivity index (χ1) is 13.9. The van der Waals surface area contributed by atoms with E-state index in [2.05, 4.69) is 17.2 Å². The van der Waals surface area contributed by atoms with Gasteiger partial charge in [0.25, 0.3) is 5.91 Å². The van der Waals surface area contributed by atoms with E-state index in [0.717, 1.165) is 6.08 Å². The van der Waals surface area contributed by atoms with Crippen molar-refractivity contribution in [1.29, 1.82) is 0 Å². The number of hydrogen-bond donors (Lipinski definition) is 3. The van der Waals surface area contributed by atoms with Crippen molar-refractivity contribution in [1.82, 2.24) is 5.32 Å². The highest BCUT2D eigenvalue weighted by molar-refractivity contribution is 6.05. The highest BCUT2D eigenvalue weighted by Gasteiger charge is 2.35. The summed E-state index contributed by atoms with van der Waals surface area (Å²) >= 11 is 0. The van der Waals surface area contributed by atoms with Crippen LogP contribution in [-0.4, -0.2) is 42.5 Å². The first-order valence-corrected chi connectivity index (χ1v) is 8.96. The maximum atomic E-state index is 12.8. The number of nitrogens with one attached hydrogen (secondary N) is 2. The molecule has 3 N–H and O–H groups in total. The van der Waals surface area contributed by atoms with Crippen molar-refractivity contribution < 1.29 is 24.2 Å². The third-order valence-electron chi connectivity index (χ3n) is 4.59. The fourth-order valence-corrected chi connectivity index (χ4v) is 3.11. The number of carbonyl (C=O) groups excluding carboxylic acids is 3. The Kier molecular flexibility index (Phi) is 5.82. The van der Waals surface area contributed by atoms with Crippen LogP contribution in [0.15, 0.2) is 55.1 Å². The van der Waals surface area contributed by atoms with Gasteiger partial charge in [0, 0.05) is 12.1 Å². The summed E-state index contributed by atoms with van der Waals surface area (Å²) in [7, 11) is 1.53. The van der Waals surface area contributed by atoms with Gasteiger partial charge in [0.1, 0.15) is 17.5 Å². The average Bonchev–Trinajstić information content (AvgIpc) is 3.09. The number of amides is 3. The van der Waals surface area contributed by atoms with Crippen LogP contribution in [0.3, 0.4) is 0 Å². The molecule has 0 radical (unpaired) electrons. The van der Waals surface area contributed by atoms with Crippen molar-refractivity contribution in [2.24, 2.45) is 0 Å². The van der Waals surface area contributed by atoms with Gasteiger partial charge in [0.2, 0.25) is 11.8 Å². The topological polar surface area (TPSA) is 108 Å². The van der Waals surface area contributed by atoms with E-state index in [1.54, 1.807) is 17.0 Å². The van der Waals surface area contributed by atoms with Crippen LogP contribution in [-0.2, 0) is 9.59 Å². The molecule has 8 heteroatoms. The second-order valence-electron chi connectivity index (χ2n) is 6.40. The number of para-hydroxylation sites is 2. The van der Waals surface area contributed by atoms with E-state index in [1.807, 2.05) is 12.1 Å². The predicted octanol–water partition coefficient (Wildman–Crippen LogP) is 2.06. The molecule has 0 spiro atoms. The zero-order valence-corrected chi connectivity index (χ0v) is 15.8. The standard InChI is InChI=1S/C21H21N3O5/c1-3-19(26)22-15-12-13(8-9-17(15)25)20(27)23-14-10-11-24(21(14)28)16-6-4-5-7-18(16)29-2/h3-9,12,14,25H,1,10-11H2,2H3,(H,22,26)(H,23,27). The lowest BCUT2D eigenvalue weighted by molar-refractivity contribution is -0.118. The lowest BCUT2D eigenvalue weighted by Crippen LogP contribution is -2.41. The number of rotatable bonds is 6. The molecule has 0 bridgehead atoms. The minimum absolute atomic E-state index is 0.0796. The number of methoxy groups -OCH3 is 1. The summed E-state index contributed by atoms with van der Waals surface area (Å²) in [6.07, 6.45) is 1.50. The number of nitrogens with zero attached hydrogens (tertiary/aromatic N) is 1. The molecule has 3 rings (SSSR count). The normalized spacial score (nSPS) is 15.7. The largest absolute Gasteiger partial charge is 0.506 e. The first-order valence-electron chi connectivity index (χ1n) is 8.96. The van der Waals surface area contributed by atoms with Gasteiger partial charge < -0.3 is 25.4 Å². The molecule has 1 aliphatic heterocycles. The van der Waals surface area contributed by atoms with Crippen molar-refractivity contribution in [3.8, 4) is 11.5 Å². The molecule has 3 amide bonds. The van der Waals surface area contributed by atoms with Gasteiger partial charge in [-0.05, 0) is 42.8 Å². The molecule has 1 aliphatic rings. The van der Waals surface area contributed by atoms with Crippen LogP contribution in [0.4, 0.5) is 11.4 Å². The second-order valence-corrected chi connectivity index (χ2v) is 6.40. The molecule has 1 unspecified atom stereocenters. The molecule has 1 heterocycles. The summed E-state index contributed by atoms with van der Waals surface area (Å²) in [5, 5.41) is 15.0. The molecule has 1 fully saturated rings. The Hall–Kier alpha value is -3.81. The zero-order valence-electron chi connectivity index (χ0n) is 15.8. The third kappa shape index (κ3) is 4.21. The number of phenols is 1. The molecule has 2 aromatic carbocycles. The second kappa shape index (κ2) is 8.47. The Labute approximate surface area is 167 Å². The number of carbonyl (C=O) groups is 3. The summed E-state index contributed by atoms with van der Waals surface area (Å²) in [6, 6.07) is 10.5. The Morgan fingerprint density at radius 1 is 1.28 bits per heavy atom. The van der Waals surface area contributed by atoms with Crippen LogP contribution >= 0.6 is 0 Å². The van der Waals surface area contributed by atoms with Gasteiger partial charge in [-0.25, -0.2) is 0 Å². The van der Waals surface area contributed by atoms with Crippen LogP contribution in [0, 0.1) is 0 Å². The van der Waals surface area contributed by atoms with E-state index >= 15 is 0 Å². The van der Waals surface area contributed by atoms with Crippen LogP contribution in [0.5, 0.6) is 11.5 Å². The number of hydrogen-bond acceptors (Lipinski definition) is 5. The number of benzene rings is 2. The Bertz CT molecular complexity index is 973. The molecule has 1 saturated heterocycles. The number of aromatic hydroxyl groups is 1. The maximum Gasteiger partial charge on any atom is 0.252 e. The number of phenolic OH excluding ortho intramolecular Hbond substituents is 1. The first kappa shape index (κ1) is 19.9. The van der Waals surface area contributed by atoms with Gasteiger partial charge in [-0.15, -0.1) is 0 Å². The number of anilines is 2. The van der Waals surface area contributed by atoms with Crippen LogP contribution in [0.1, 0.15) is 16.8 Å². The van der Waals surface area contributed by atoms with Gasteiger partial charge in [-0.2, -0.15) is 0 Å². The molecule has 2 aromatic rings. The summed E-state index contributed by atoms with van der Waals surface area (Å²) in [5.74, 6) is -0.845. The van der Waals surface area contributed by atoms with Gasteiger partial charge in [0.15, 0.2) is 0 Å². The van der Waals surface area contributed by atoms with Crippen LogP contribution < -0.4 is 20.3 Å². The average molecular weight is 395 g/mol. The van der Waals surface area contributed by atoms with E-state index in [4.69, 9.17) is 4.74 Å². The van der Waals surface area contributed by atoms with E-state index in [0.29, 0.717) is 24.4 Å². The van der Waals surface area contributed by atoms with Crippen LogP contribution in [0.25, 0.3) is 0 Å². The summed E-state index contributed by atoms with van der Waals surface area (Å²) in [5.41, 5.74) is 0.928. The molecule has 8 nitrogen and oxygen atoms in total. The van der Waals surface area contributed by atoms with Crippen molar-refractivity contribution in [2.45, 2.75) is 12.5 Å². The Morgan fingerprint density at radius 3 is 2.76 bits per heavy atom. The quantitative estimate of drug-likeness (QED) is 0.513. The summed E-state index contributed by atoms with van der Waals surface area (Å²) in [6.45, 7) is 3.79. The molecular formula is C21H21N3O5. The maximum absolute atomic E-state index is 12.8. The lowest BCUT2D eigenvalue weighted by atomic mass is 10.1. The van der Waals surface area contributed by atoms with Gasteiger partial charge in [0.05, 0.1) is 18.5 Å². The van der Waals surface area contributed by atoms with Crippen molar-refractivity contribution in [3.63, 3.8) is 0 Å². The minimum atomic E-state index is -0.688. The zero-order chi connectivity index (χ0) is 21.0. The molecular weight excluding hydrogens is 374 g/mol. The molecule has 0 aliphatic carbocycles. The SMILES string of the molecule is C=CC(=O)Nc1cc(C(=O)NC2CCN(c3ccccc3OC)C2=O)ccc1O. The molecule has 150 valence electrons. The fraction of sp³-hybridized carbons (Fsp3) is 0.190. The van der Waals surface area contributed by atoms with Gasteiger partial charge >= 0.3 is 0 Å². The molecule has 29 heavy (non-hydrogen) atoms. The number of ether oxygens (including phenoxy) is 1. The minimum Gasteiger partial charge on any atom is -0.506 e. The smallest absolute Gasteiger partial charge is 0.252 e. The summed E-state index contributed by atoms with van der Waals surface area (Å²) < 4.78 is 5.31. The third-order valence-corrected chi connectivity index (χ3v) is 4.59. The Balaban J connectivity index is 1.73. The highest BCUT2D eigenvalue weighted by atomic mass is 16.5. The van der Waals surface area contributed by atoms with Gasteiger partial charge in [-0.3, -0.25) is 14.4 Å². The van der Waals surface area contributed by atoms with Crippen molar-refractivity contribution in [2.75, 3.05) is 23.9 Å². The predicted molar refractivity (Wildman–Crippen MR) is 108 cm³/mol. The van der Waals surface area contributed by atoms with E-state index in [1.165, 1.54) is 25.3 Å². The fourth-order valence-electron chi connectivity index (χ4n) is 3.11. The van der Waals surface area contributed by atoms with E-state index < -0.39 is 17.9 Å². The van der Waals surface area contributed by atoms with Crippen LogP contribution in [0.2, 0.25) is 0 Å². The summed E-state index contributed by atoms with van der Waals surface area (Å²) in [4.78, 5) is 38.4. The Morgan fingerprint density at radius 2 is 2.03 bits per heavy atom. The van der Waals surface area contributed by atoms with Crippen molar-refractivity contribution in [3.05, 3.63) is 60.7 Å². The van der Waals surface area contributed by atoms with E-state index in [-0.39, 0.29) is 22.9 Å². The molecule has 0 aromatic heterocycles. The highest BCUT2D eigenvalue weighted by Crippen LogP contribution is 2.31. The van der Waals surface area contributed by atoms with Crippen molar-refractivity contribution >= 4 is 29.1 Å². The lowest BCUT2D eigenvalue weighted by Gasteiger charge is -2.19. The monoisotopic (exact) mass is 395 g/mol. The van der Waals surface area contributed by atoms with Gasteiger partial charge in [-0.1, -0.05) is 18.7 Å². The molecule has 0 saturated carbocycles.